The number of nitrogens with one attached hydrogen (secondary N) is 19. The van der Waals surface area contributed by atoms with Gasteiger partial charge in [0.25, 0.3) is 0 Å². The zero-order valence-electron chi connectivity index (χ0n) is 81.4. The van der Waals surface area contributed by atoms with Crippen LogP contribution in [0.2, 0.25) is 0 Å². The normalized spacial score (nSPS) is 16.0. The van der Waals surface area contributed by atoms with Gasteiger partial charge in [-0.3, -0.25) is 101 Å². The third kappa shape index (κ3) is 43.9. The number of aliphatic hydroxyl groups excluding tert-OH is 4. The second-order valence-corrected chi connectivity index (χ2v) is 35.2. The highest BCUT2D eigenvalue weighted by molar-refractivity contribution is 6.02. The summed E-state index contributed by atoms with van der Waals surface area (Å²) in [7, 11) is 0. The average molecular weight is 2030 g/mol. The summed E-state index contributed by atoms with van der Waals surface area (Å²) in [5.41, 5.74) is 28.8. The zero-order chi connectivity index (χ0) is 108. The number of nitrogens with zero attached hydrogens (tertiary/aromatic N) is 1. The van der Waals surface area contributed by atoms with Gasteiger partial charge in [-0.1, -0.05) is 72.2 Å². The number of carboxylic acids is 2. The Morgan fingerprint density at radius 1 is 0.420 bits per heavy atom. The molecule has 19 atom stereocenters. The van der Waals surface area contributed by atoms with E-state index >= 15 is 0 Å². The van der Waals surface area contributed by atoms with E-state index in [4.69, 9.17) is 39.2 Å². The van der Waals surface area contributed by atoms with Crippen LogP contribution in [-0.2, 0) is 114 Å². The number of nitrogens with two attached hydrogens (primary N) is 5. The average Bonchev–Trinajstić information content (AvgIpc) is 1.70. The highest BCUT2D eigenvalue weighted by atomic mass is 16.4. The van der Waals surface area contributed by atoms with Crippen LogP contribution in [0.25, 0.3) is 0 Å². The van der Waals surface area contributed by atoms with Gasteiger partial charge in [0.05, 0.1) is 57.5 Å². The monoisotopic (exact) mass is 2030 g/mol. The number of likely N-dealkylation sites (tertiary alicyclic amines) is 1. The lowest BCUT2D eigenvalue weighted by Gasteiger charge is -2.30. The first-order valence-corrected chi connectivity index (χ1v) is 46.8. The third-order valence-corrected chi connectivity index (χ3v) is 22.8. The Balaban J connectivity index is 1.73. The number of carbonyl (C=O) groups excluding carboxylic acids is 19. The van der Waals surface area contributed by atoms with Crippen molar-refractivity contribution in [3.05, 3.63) is 59.7 Å². The third-order valence-electron chi connectivity index (χ3n) is 22.8. The standard InChI is InChI=1S/C89H143N25O29/c1-10-45(6)70(111-80(134)61(42-116)107-79(133)60(41-115)108-84(138)69(44(4)5)110-86(140)72(48(9)118)112-74(128)53(92)17-15-33-96-89(94)95)85(139)106-58(37-63(93)121)75(129)97-40-66(124)109-68(43(2)3)82(136)98-38-64(122)101-54(18-11-13-31-90)77(131)113-71(47(8)117)83(137)99-39-65(123)102-59(36-50-23-27-52(120)28-24-50)87(141)114-34-16-20-62(114)81(135)105-57(35-49-21-25-51(119)26-22-49)78(132)100-46(7)73(127)103-55(19-12-14-32-91)76(130)104-56(88(142)143)29-30-67(125)126/h21-28,43-48,53-62,68-72,115-120H,10-20,29-42,90-92H2,1-9H3,(H2,93,121)(H,97,129)(H,98,136)(H,99,137)(H,100,132)(H,101,122)(H,102,123)(H,103,127)(H,104,130)(H,105,135)(H,106,139)(H,107,133)(H,108,138)(H,109,124)(H,110,140)(H,111,134)(H,112,128)(H,113,131)(H,125,126)(H,142,143)(H4,94,95,96)/t45-,46-,47+,48+,53-,54-,55-,56-,57-,58-,59-,60-,61-,62-,68-,69-,70-,71-,72-/m0/s1. The van der Waals surface area contributed by atoms with E-state index in [0.717, 1.165) is 11.8 Å². The predicted octanol–water partition coefficient (Wildman–Crippen LogP) is -11.2. The lowest BCUT2D eigenvalue weighted by atomic mass is 9.97. The molecule has 0 aromatic heterocycles. The maximum atomic E-state index is 14.9. The summed E-state index contributed by atoms with van der Waals surface area (Å²) in [4.78, 5) is 286. The molecule has 54 nitrogen and oxygen atoms in total. The molecule has 2 aromatic carbocycles. The van der Waals surface area contributed by atoms with E-state index in [1.165, 1.54) is 97.0 Å². The molecular weight excluding hydrogens is 1880 g/mol. The number of amides is 19. The molecule has 19 amide bonds. The molecule has 37 N–H and O–H groups in total. The van der Waals surface area contributed by atoms with Crippen LogP contribution < -0.4 is 124 Å². The quantitative estimate of drug-likeness (QED) is 0.0166. The largest absolute Gasteiger partial charge is 0.508 e. The van der Waals surface area contributed by atoms with Crippen molar-refractivity contribution in [2.24, 2.45) is 46.4 Å². The number of unbranched alkanes of at least 4 members (excludes halogenated alkanes) is 2. The Morgan fingerprint density at radius 3 is 1.31 bits per heavy atom. The van der Waals surface area contributed by atoms with E-state index in [2.05, 4.69) is 95.7 Å². The summed E-state index contributed by atoms with van der Waals surface area (Å²) in [6, 6.07) is -14.3. The molecule has 1 fully saturated rings. The van der Waals surface area contributed by atoms with Crippen molar-refractivity contribution in [2.45, 2.75) is 274 Å². The molecule has 0 radical (unpaired) electrons. The summed E-state index contributed by atoms with van der Waals surface area (Å²) in [6.07, 6.45) is -4.17. The number of hydrogen-bond donors (Lipinski definition) is 32. The van der Waals surface area contributed by atoms with Crippen molar-refractivity contribution in [3.63, 3.8) is 0 Å². The Morgan fingerprint density at radius 2 is 0.825 bits per heavy atom. The summed E-state index contributed by atoms with van der Waals surface area (Å²) < 4.78 is 0. The Labute approximate surface area is 824 Å². The summed E-state index contributed by atoms with van der Waals surface area (Å²) in [5, 5.41) is 131. The van der Waals surface area contributed by atoms with E-state index in [1.807, 2.05) is 0 Å². The molecule has 798 valence electrons. The fourth-order valence-electron chi connectivity index (χ4n) is 14.3. The Kier molecular flexibility index (Phi) is 54.2. The molecule has 143 heavy (non-hydrogen) atoms. The Bertz CT molecular complexity index is 4670. The van der Waals surface area contributed by atoms with Crippen LogP contribution in [0.1, 0.15) is 163 Å². The minimum absolute atomic E-state index is 0.00943. The molecule has 0 unspecified atom stereocenters. The molecule has 0 saturated carbocycles. The molecule has 0 spiro atoms. The van der Waals surface area contributed by atoms with Crippen molar-refractivity contribution in [2.75, 3.05) is 59.0 Å². The molecule has 1 heterocycles. The highest BCUT2D eigenvalue weighted by Gasteiger charge is 2.43. The van der Waals surface area contributed by atoms with Gasteiger partial charge in [-0.05, 0) is 158 Å². The molecular formula is C89H143N25O29. The van der Waals surface area contributed by atoms with Crippen LogP contribution in [0.4, 0.5) is 0 Å². The van der Waals surface area contributed by atoms with Crippen LogP contribution in [0.5, 0.6) is 11.5 Å². The van der Waals surface area contributed by atoms with Gasteiger partial charge in [0.15, 0.2) is 5.96 Å². The van der Waals surface area contributed by atoms with Crippen molar-refractivity contribution < 1.29 is 142 Å². The highest BCUT2D eigenvalue weighted by Crippen LogP contribution is 2.23. The summed E-state index contributed by atoms with van der Waals surface area (Å²) in [6.45, 7) is 7.97. The number of benzene rings is 2. The van der Waals surface area contributed by atoms with Gasteiger partial charge in [0.2, 0.25) is 112 Å². The second kappa shape index (κ2) is 62.9. The zero-order valence-corrected chi connectivity index (χ0v) is 81.4. The first kappa shape index (κ1) is 123. The molecule has 1 aliphatic heterocycles. The van der Waals surface area contributed by atoms with Gasteiger partial charge in [-0.2, -0.15) is 0 Å². The van der Waals surface area contributed by atoms with Crippen LogP contribution in [0.15, 0.2) is 48.5 Å². The lowest BCUT2D eigenvalue weighted by molar-refractivity contribution is -0.143. The Hall–Kier alpha value is -14.1. The fraction of sp³-hybridized carbons (Fsp3) is 0.618. The van der Waals surface area contributed by atoms with Gasteiger partial charge in [-0.15, -0.1) is 0 Å². The van der Waals surface area contributed by atoms with Crippen molar-refractivity contribution in [1.29, 1.82) is 5.41 Å². The number of hydrogen-bond acceptors (Lipinski definition) is 31. The second-order valence-electron chi connectivity index (χ2n) is 35.2. The summed E-state index contributed by atoms with van der Waals surface area (Å²) >= 11 is 0. The van der Waals surface area contributed by atoms with Crippen molar-refractivity contribution in [1.82, 2.24) is 101 Å². The van der Waals surface area contributed by atoms with Crippen LogP contribution in [-0.4, -0.2) is 344 Å². The van der Waals surface area contributed by atoms with Crippen molar-refractivity contribution in [3.8, 4) is 11.5 Å². The van der Waals surface area contributed by atoms with Crippen LogP contribution in [0.3, 0.4) is 0 Å². The van der Waals surface area contributed by atoms with Crippen LogP contribution >= 0.6 is 0 Å². The first-order chi connectivity index (χ1) is 67.3. The number of guanidine groups is 1. The van der Waals surface area contributed by atoms with Crippen molar-refractivity contribution >= 4 is 130 Å². The molecule has 3 rings (SSSR count). The lowest BCUT2D eigenvalue weighted by Crippen LogP contribution is -2.63. The van der Waals surface area contributed by atoms with Gasteiger partial charge < -0.3 is 170 Å². The summed E-state index contributed by atoms with van der Waals surface area (Å²) in [5.74, 6) is -25.6. The number of aromatic hydroxyl groups is 2. The minimum atomic E-state index is -1.92. The van der Waals surface area contributed by atoms with E-state index in [0.29, 0.717) is 24.0 Å². The topological polar surface area (TPSA) is 894 Å². The molecule has 2 aromatic rings. The number of rotatable bonds is 65. The molecule has 1 aliphatic rings. The number of primary amides is 1. The molecule has 54 heteroatoms. The number of carbonyl (C=O) groups is 21. The van der Waals surface area contributed by atoms with Gasteiger partial charge in [0, 0.05) is 32.4 Å². The smallest absolute Gasteiger partial charge is 0.326 e. The maximum absolute atomic E-state index is 14.9. The first-order valence-electron chi connectivity index (χ1n) is 46.8. The number of carboxylic acid groups (broad SMARTS) is 2. The maximum Gasteiger partial charge on any atom is 0.326 e. The van der Waals surface area contributed by atoms with E-state index in [1.54, 1.807) is 6.92 Å². The van der Waals surface area contributed by atoms with Gasteiger partial charge >= 0.3 is 11.9 Å². The molecule has 1 saturated heterocycles. The van der Waals surface area contributed by atoms with Gasteiger partial charge in [0.1, 0.15) is 102 Å². The minimum Gasteiger partial charge on any atom is -0.508 e. The number of aliphatic hydroxyl groups is 4. The van der Waals surface area contributed by atoms with E-state index < -0.39 is 303 Å². The predicted molar refractivity (Wildman–Crippen MR) is 508 cm³/mol. The molecule has 0 bridgehead atoms. The SMILES string of the molecule is CC[C@H](C)[C@H](NC(=O)[C@H](CO)NC(=O)[C@H](CO)NC(=O)[C@@H](NC(=O)[C@@H](NC(=O)[C@@H](N)CCCNC(=N)N)[C@@H](C)O)C(C)C)C(=O)N[C@@H](CC(N)=O)C(=O)NCC(=O)N[C@H](C(=O)NCC(=O)N[C@@H](CCCCN)C(=O)N[C@H](C(=O)NCC(=O)N[C@@H](Cc1ccc(O)cc1)C(=O)N1CCC[C@H]1C(=O)N[C@@H](Cc1ccc(O)cc1)C(=O)N[C@@H](C)C(=O)N[C@@H](CCCCN)C(=O)N[C@@H](CCC(=O)O)C(=O)O)[C@@H](C)O)C(C)C. The number of aliphatic carboxylic acids is 2. The fourth-order valence-corrected chi connectivity index (χ4v) is 14.3. The van der Waals surface area contributed by atoms with Crippen LogP contribution in [0, 0.1) is 23.2 Å². The van der Waals surface area contributed by atoms with E-state index in [-0.39, 0.29) is 114 Å². The molecule has 0 aliphatic carbocycles. The number of phenols is 2. The number of phenolic OH excluding ortho intramolecular Hbond substituents is 2. The van der Waals surface area contributed by atoms with E-state index in [9.17, 15) is 136 Å². The van der Waals surface area contributed by atoms with Gasteiger partial charge in [-0.25, -0.2) is 4.79 Å².